The molecule has 0 aromatic carbocycles. The fraction of sp³-hybridized carbons (Fsp3) is 0.706. The van der Waals surface area contributed by atoms with E-state index in [1.54, 1.807) is 13.0 Å². The fourth-order valence-corrected chi connectivity index (χ4v) is 2.93. The molecule has 1 aliphatic rings. The number of piperidine rings is 1. The quantitative estimate of drug-likeness (QED) is 0.785. The number of unbranched alkanes of at least 4 members (excludes halogenated alkanes) is 1. The molecular formula is C17H28N2O3. The van der Waals surface area contributed by atoms with Crippen LogP contribution in [0.25, 0.3) is 0 Å². The van der Waals surface area contributed by atoms with E-state index < -0.39 is 0 Å². The summed E-state index contributed by atoms with van der Waals surface area (Å²) in [5.74, 6) is 1.08. The predicted octanol–water partition coefficient (Wildman–Crippen LogP) is 2.73. The van der Waals surface area contributed by atoms with Crippen molar-refractivity contribution >= 4 is 5.97 Å². The standard InChI is InChI=1S/C17H28N2O3/c1-4-5-8-19-9-6-14(7-10-19)18-12-15-11-16(13(2)22-15)17(20)21-3/h11,14,18H,4-10,12H2,1-3H3. The van der Waals surface area contributed by atoms with Crippen LogP contribution in [-0.4, -0.2) is 43.7 Å². The summed E-state index contributed by atoms with van der Waals surface area (Å²) in [6, 6.07) is 2.31. The molecule has 0 bridgehead atoms. The molecule has 5 heteroatoms. The number of ether oxygens (including phenoxy) is 1. The van der Waals surface area contributed by atoms with Crippen molar-refractivity contribution in [3.63, 3.8) is 0 Å². The molecule has 22 heavy (non-hydrogen) atoms. The van der Waals surface area contributed by atoms with Crippen molar-refractivity contribution in [1.82, 2.24) is 10.2 Å². The van der Waals surface area contributed by atoms with Gasteiger partial charge in [-0.3, -0.25) is 0 Å². The Kier molecular flexibility index (Phi) is 6.46. The van der Waals surface area contributed by atoms with Crippen LogP contribution in [0.2, 0.25) is 0 Å². The summed E-state index contributed by atoms with van der Waals surface area (Å²) in [5.41, 5.74) is 0.522. The van der Waals surface area contributed by atoms with Gasteiger partial charge in [-0.05, 0) is 51.9 Å². The number of carbonyl (C=O) groups is 1. The number of likely N-dealkylation sites (tertiary alicyclic amines) is 1. The van der Waals surface area contributed by atoms with Gasteiger partial charge < -0.3 is 19.4 Å². The number of aryl methyl sites for hydroxylation is 1. The van der Waals surface area contributed by atoms with Gasteiger partial charge in [0.05, 0.1) is 13.7 Å². The van der Waals surface area contributed by atoms with Gasteiger partial charge in [0, 0.05) is 6.04 Å². The van der Waals surface area contributed by atoms with Crippen LogP contribution >= 0.6 is 0 Å². The van der Waals surface area contributed by atoms with Gasteiger partial charge >= 0.3 is 5.97 Å². The summed E-state index contributed by atoms with van der Waals surface area (Å²) < 4.78 is 10.4. The first-order valence-electron chi connectivity index (χ1n) is 8.27. The van der Waals surface area contributed by atoms with Crippen LogP contribution in [0.5, 0.6) is 0 Å². The van der Waals surface area contributed by atoms with Crippen LogP contribution in [0.15, 0.2) is 10.5 Å². The zero-order chi connectivity index (χ0) is 15.9. The average Bonchev–Trinajstić information content (AvgIpc) is 2.92. The summed E-state index contributed by atoms with van der Waals surface area (Å²) in [5, 5.41) is 3.54. The molecule has 2 rings (SSSR count). The maximum atomic E-state index is 11.6. The van der Waals surface area contributed by atoms with Gasteiger partial charge in [0.15, 0.2) is 0 Å². The first-order valence-corrected chi connectivity index (χ1v) is 8.27. The van der Waals surface area contributed by atoms with Gasteiger partial charge in [-0.25, -0.2) is 4.79 Å². The van der Waals surface area contributed by atoms with Crippen molar-refractivity contribution in [3.8, 4) is 0 Å². The van der Waals surface area contributed by atoms with Crippen LogP contribution in [0.4, 0.5) is 0 Å². The molecule has 0 amide bonds. The molecule has 0 spiro atoms. The molecule has 0 saturated carbocycles. The number of esters is 1. The van der Waals surface area contributed by atoms with Gasteiger partial charge in [-0.1, -0.05) is 13.3 Å². The Morgan fingerprint density at radius 3 is 2.82 bits per heavy atom. The SMILES string of the molecule is CCCCN1CCC(NCc2cc(C(=O)OC)c(C)o2)CC1. The van der Waals surface area contributed by atoms with E-state index in [1.807, 2.05) is 0 Å². The van der Waals surface area contributed by atoms with Gasteiger partial charge in [-0.2, -0.15) is 0 Å². The Morgan fingerprint density at radius 1 is 1.45 bits per heavy atom. The molecule has 1 saturated heterocycles. The first kappa shape index (κ1) is 17.0. The van der Waals surface area contributed by atoms with Crippen LogP contribution in [0.3, 0.4) is 0 Å². The molecule has 5 nitrogen and oxygen atoms in total. The van der Waals surface area contributed by atoms with E-state index in [-0.39, 0.29) is 5.97 Å². The van der Waals surface area contributed by atoms with Crippen LogP contribution in [0, 0.1) is 6.92 Å². The zero-order valence-corrected chi connectivity index (χ0v) is 14.0. The highest BCUT2D eigenvalue weighted by Gasteiger charge is 2.20. The lowest BCUT2D eigenvalue weighted by atomic mass is 10.0. The zero-order valence-electron chi connectivity index (χ0n) is 14.0. The topological polar surface area (TPSA) is 54.7 Å². The minimum Gasteiger partial charge on any atom is -0.465 e. The van der Waals surface area contributed by atoms with Crippen LogP contribution in [-0.2, 0) is 11.3 Å². The lowest BCUT2D eigenvalue weighted by molar-refractivity contribution is 0.0599. The Labute approximate surface area is 133 Å². The van der Waals surface area contributed by atoms with Crippen molar-refractivity contribution in [2.45, 2.75) is 52.1 Å². The molecular weight excluding hydrogens is 280 g/mol. The lowest BCUT2D eigenvalue weighted by Gasteiger charge is -2.32. The maximum absolute atomic E-state index is 11.6. The summed E-state index contributed by atoms with van der Waals surface area (Å²) in [6.07, 6.45) is 4.90. The second kappa shape index (κ2) is 8.34. The summed E-state index contributed by atoms with van der Waals surface area (Å²) >= 11 is 0. The average molecular weight is 308 g/mol. The molecule has 1 aromatic rings. The minimum absolute atomic E-state index is 0.336. The second-order valence-corrected chi connectivity index (χ2v) is 6.02. The molecule has 1 N–H and O–H groups in total. The largest absolute Gasteiger partial charge is 0.465 e. The van der Waals surface area contributed by atoms with Gasteiger partial charge in [-0.15, -0.1) is 0 Å². The molecule has 1 aromatic heterocycles. The van der Waals surface area contributed by atoms with Gasteiger partial charge in [0.1, 0.15) is 17.1 Å². The predicted molar refractivity (Wildman–Crippen MR) is 86.0 cm³/mol. The van der Waals surface area contributed by atoms with Gasteiger partial charge in [0.25, 0.3) is 0 Å². The third-order valence-corrected chi connectivity index (χ3v) is 4.35. The highest BCUT2D eigenvalue weighted by atomic mass is 16.5. The number of methoxy groups -OCH3 is 1. The van der Waals surface area contributed by atoms with Crippen molar-refractivity contribution in [2.24, 2.45) is 0 Å². The molecule has 0 atom stereocenters. The Hall–Kier alpha value is -1.33. The second-order valence-electron chi connectivity index (χ2n) is 6.02. The number of nitrogens with zero attached hydrogens (tertiary/aromatic N) is 1. The summed E-state index contributed by atoms with van der Waals surface area (Å²) in [7, 11) is 1.39. The van der Waals surface area contributed by atoms with Gasteiger partial charge in [0.2, 0.25) is 0 Å². The Balaban J connectivity index is 1.76. The molecule has 1 fully saturated rings. The highest BCUT2D eigenvalue weighted by Crippen LogP contribution is 2.17. The molecule has 1 aliphatic heterocycles. The van der Waals surface area contributed by atoms with E-state index in [2.05, 4.69) is 17.1 Å². The van der Waals surface area contributed by atoms with Crippen LogP contribution < -0.4 is 5.32 Å². The fourth-order valence-electron chi connectivity index (χ4n) is 2.93. The van der Waals surface area contributed by atoms with Crippen molar-refractivity contribution < 1.29 is 13.9 Å². The lowest BCUT2D eigenvalue weighted by Crippen LogP contribution is -2.42. The number of carbonyl (C=O) groups excluding carboxylic acids is 1. The number of hydrogen-bond donors (Lipinski definition) is 1. The maximum Gasteiger partial charge on any atom is 0.341 e. The third kappa shape index (κ3) is 4.58. The minimum atomic E-state index is -0.336. The molecule has 0 unspecified atom stereocenters. The molecule has 2 heterocycles. The van der Waals surface area contributed by atoms with Crippen molar-refractivity contribution in [1.29, 1.82) is 0 Å². The number of furan rings is 1. The van der Waals surface area contributed by atoms with E-state index >= 15 is 0 Å². The normalized spacial score (nSPS) is 16.9. The molecule has 0 radical (unpaired) electrons. The third-order valence-electron chi connectivity index (χ3n) is 4.35. The Morgan fingerprint density at radius 2 is 2.18 bits per heavy atom. The summed E-state index contributed by atoms with van der Waals surface area (Å²) in [6.45, 7) is 8.26. The van der Waals surface area contributed by atoms with Crippen LogP contribution in [0.1, 0.15) is 54.5 Å². The summed E-state index contributed by atoms with van der Waals surface area (Å²) in [4.78, 5) is 14.1. The Bertz CT molecular complexity index is 476. The number of rotatable bonds is 7. The smallest absolute Gasteiger partial charge is 0.341 e. The van der Waals surface area contributed by atoms with E-state index in [0.717, 1.165) is 5.76 Å². The van der Waals surface area contributed by atoms with Crippen molar-refractivity contribution in [3.05, 3.63) is 23.2 Å². The molecule has 124 valence electrons. The van der Waals surface area contributed by atoms with E-state index in [4.69, 9.17) is 9.15 Å². The highest BCUT2D eigenvalue weighted by molar-refractivity contribution is 5.90. The number of nitrogens with one attached hydrogen (secondary N) is 1. The van der Waals surface area contributed by atoms with Crippen molar-refractivity contribution in [2.75, 3.05) is 26.7 Å². The number of hydrogen-bond acceptors (Lipinski definition) is 5. The van der Waals surface area contributed by atoms with E-state index in [9.17, 15) is 4.79 Å². The monoisotopic (exact) mass is 308 g/mol. The van der Waals surface area contributed by atoms with E-state index in [0.29, 0.717) is 23.9 Å². The van der Waals surface area contributed by atoms with E-state index in [1.165, 1.54) is 52.4 Å². The molecule has 0 aliphatic carbocycles. The first-order chi connectivity index (χ1) is 10.6.